The zero-order chi connectivity index (χ0) is 21.8. The van der Waals surface area contributed by atoms with Crippen molar-refractivity contribution in [2.24, 2.45) is 0 Å². The summed E-state index contributed by atoms with van der Waals surface area (Å²) in [6, 6.07) is 9.28. The second-order valence-electron chi connectivity index (χ2n) is 6.45. The maximum absolute atomic E-state index is 13.0. The van der Waals surface area contributed by atoms with Crippen LogP contribution in [0.1, 0.15) is 18.9 Å². The van der Waals surface area contributed by atoms with Crippen molar-refractivity contribution < 1.29 is 22.9 Å². The molecular formula is C19H23N3O6S. The zero-order valence-corrected chi connectivity index (χ0v) is 17.4. The molecule has 0 heterocycles. The number of methoxy groups -OCH3 is 1. The summed E-state index contributed by atoms with van der Waals surface area (Å²) in [6.45, 7) is 3.51. The third-order valence-electron chi connectivity index (χ3n) is 4.24. The quantitative estimate of drug-likeness (QED) is 0.517. The van der Waals surface area contributed by atoms with Gasteiger partial charge in [-0.3, -0.25) is 19.2 Å². The summed E-state index contributed by atoms with van der Waals surface area (Å²) in [7, 11) is -2.45. The van der Waals surface area contributed by atoms with Crippen LogP contribution in [-0.4, -0.2) is 38.7 Å². The third kappa shape index (κ3) is 5.23. The summed E-state index contributed by atoms with van der Waals surface area (Å²) in [5.74, 6) is -0.145. The normalized spacial score (nSPS) is 12.1. The molecule has 0 aliphatic heterocycles. The molecule has 0 aromatic heterocycles. The first-order valence-corrected chi connectivity index (χ1v) is 10.6. The Bertz CT molecular complexity index is 1020. The predicted octanol–water partition coefficient (Wildman–Crippen LogP) is 3.10. The van der Waals surface area contributed by atoms with Gasteiger partial charge in [0.05, 0.1) is 29.7 Å². The molecule has 2 aromatic rings. The number of benzene rings is 2. The van der Waals surface area contributed by atoms with Crippen LogP contribution >= 0.6 is 0 Å². The van der Waals surface area contributed by atoms with E-state index >= 15 is 0 Å². The van der Waals surface area contributed by atoms with Gasteiger partial charge in [-0.2, -0.15) is 0 Å². The van der Waals surface area contributed by atoms with E-state index in [9.17, 15) is 23.3 Å². The number of anilines is 2. The number of hydrogen-bond acceptors (Lipinski definition) is 6. The number of carbonyl (C=O) groups is 1. The molecule has 0 fully saturated rings. The summed E-state index contributed by atoms with van der Waals surface area (Å²) >= 11 is 0. The number of hydrogen-bond donors (Lipinski definition) is 1. The summed E-state index contributed by atoms with van der Waals surface area (Å²) in [5, 5.41) is 13.8. The van der Waals surface area contributed by atoms with Crippen LogP contribution in [0.4, 0.5) is 17.1 Å². The molecule has 10 heteroatoms. The fourth-order valence-electron chi connectivity index (χ4n) is 2.94. The van der Waals surface area contributed by atoms with Crippen LogP contribution in [0.25, 0.3) is 0 Å². The molecule has 0 unspecified atom stereocenters. The van der Waals surface area contributed by atoms with Crippen LogP contribution in [0.2, 0.25) is 0 Å². The van der Waals surface area contributed by atoms with Crippen molar-refractivity contribution in [1.82, 2.24) is 0 Å². The van der Waals surface area contributed by atoms with Crippen LogP contribution in [0.3, 0.4) is 0 Å². The molecule has 0 saturated carbocycles. The van der Waals surface area contributed by atoms with Crippen LogP contribution in [0, 0.1) is 17.0 Å². The van der Waals surface area contributed by atoms with Crippen molar-refractivity contribution in [2.45, 2.75) is 26.3 Å². The number of nitrogens with zero attached hydrogens (tertiary/aromatic N) is 2. The predicted molar refractivity (Wildman–Crippen MR) is 111 cm³/mol. The first-order valence-electron chi connectivity index (χ1n) is 8.77. The monoisotopic (exact) mass is 421 g/mol. The topological polar surface area (TPSA) is 119 Å². The minimum atomic E-state index is -3.91. The summed E-state index contributed by atoms with van der Waals surface area (Å²) in [6.07, 6.45) is 1.10. The Morgan fingerprint density at radius 3 is 2.52 bits per heavy atom. The molecule has 0 aliphatic rings. The molecule has 1 N–H and O–H groups in total. The standard InChI is InChI=1S/C19H23N3O6S/c1-5-17(19(23)20-16-11-13(2)9-10-18(16)28-3)21(29(4,26)27)14-7-6-8-15(12-14)22(24)25/h6-12,17H,5H2,1-4H3,(H,20,23)/t17-/m1/s1. The van der Waals surface area contributed by atoms with Crippen molar-refractivity contribution in [3.8, 4) is 5.75 Å². The number of rotatable bonds is 8. The molecular weight excluding hydrogens is 398 g/mol. The van der Waals surface area contributed by atoms with Gasteiger partial charge in [0, 0.05) is 12.1 Å². The maximum Gasteiger partial charge on any atom is 0.271 e. The van der Waals surface area contributed by atoms with Crippen molar-refractivity contribution in [1.29, 1.82) is 0 Å². The van der Waals surface area contributed by atoms with Gasteiger partial charge >= 0.3 is 0 Å². The smallest absolute Gasteiger partial charge is 0.271 e. The Morgan fingerprint density at radius 2 is 1.97 bits per heavy atom. The van der Waals surface area contributed by atoms with Gasteiger partial charge in [0.1, 0.15) is 11.8 Å². The second kappa shape index (κ2) is 8.91. The van der Waals surface area contributed by atoms with Gasteiger partial charge in [0.2, 0.25) is 15.9 Å². The number of non-ortho nitro benzene ring substituents is 1. The zero-order valence-electron chi connectivity index (χ0n) is 16.6. The Morgan fingerprint density at radius 1 is 1.28 bits per heavy atom. The molecule has 0 radical (unpaired) electrons. The Hall–Kier alpha value is -3.14. The van der Waals surface area contributed by atoms with Gasteiger partial charge in [-0.05, 0) is 37.1 Å². The maximum atomic E-state index is 13.0. The molecule has 0 bridgehead atoms. The number of sulfonamides is 1. The second-order valence-corrected chi connectivity index (χ2v) is 8.31. The average molecular weight is 421 g/mol. The third-order valence-corrected chi connectivity index (χ3v) is 5.42. The van der Waals surface area contributed by atoms with Gasteiger partial charge < -0.3 is 10.1 Å². The van der Waals surface area contributed by atoms with Crippen molar-refractivity contribution >= 4 is 33.0 Å². The highest BCUT2D eigenvalue weighted by atomic mass is 32.2. The lowest BCUT2D eigenvalue weighted by molar-refractivity contribution is -0.384. The number of nitro groups is 1. The van der Waals surface area contributed by atoms with Crippen molar-refractivity contribution in [2.75, 3.05) is 23.0 Å². The lowest BCUT2D eigenvalue weighted by Crippen LogP contribution is -2.47. The summed E-state index contributed by atoms with van der Waals surface area (Å²) in [4.78, 5) is 23.5. The lowest BCUT2D eigenvalue weighted by atomic mass is 10.1. The van der Waals surface area contributed by atoms with E-state index < -0.39 is 26.9 Å². The van der Waals surface area contributed by atoms with Crippen molar-refractivity contribution in [3.63, 3.8) is 0 Å². The molecule has 0 spiro atoms. The SMILES string of the molecule is CC[C@H](C(=O)Nc1cc(C)ccc1OC)N(c1cccc([N+](=O)[O-])c1)S(C)(=O)=O. The largest absolute Gasteiger partial charge is 0.495 e. The number of aryl methyl sites for hydroxylation is 1. The highest BCUT2D eigenvalue weighted by Crippen LogP contribution is 2.29. The molecule has 1 amide bonds. The average Bonchev–Trinajstić information content (AvgIpc) is 2.65. The number of amides is 1. The van der Waals surface area contributed by atoms with E-state index in [4.69, 9.17) is 4.74 Å². The molecule has 2 aromatic carbocycles. The summed E-state index contributed by atoms with van der Waals surface area (Å²) < 4.78 is 31.1. The van der Waals surface area contributed by atoms with Crippen LogP contribution in [0.5, 0.6) is 5.75 Å². The van der Waals surface area contributed by atoms with Crippen LogP contribution in [-0.2, 0) is 14.8 Å². The number of ether oxygens (including phenoxy) is 1. The minimum absolute atomic E-state index is 0.0416. The Labute approximate surface area is 169 Å². The van der Waals surface area contributed by atoms with Gasteiger partial charge in [0.15, 0.2) is 0 Å². The number of nitro benzene ring substituents is 1. The fraction of sp³-hybridized carbons (Fsp3) is 0.316. The lowest BCUT2D eigenvalue weighted by Gasteiger charge is -2.30. The van der Waals surface area contributed by atoms with E-state index in [0.717, 1.165) is 22.2 Å². The van der Waals surface area contributed by atoms with Crippen LogP contribution in [0.15, 0.2) is 42.5 Å². The molecule has 29 heavy (non-hydrogen) atoms. The molecule has 1 atom stereocenters. The van der Waals surface area contributed by atoms with Gasteiger partial charge in [-0.1, -0.05) is 19.1 Å². The van der Waals surface area contributed by atoms with E-state index in [-0.39, 0.29) is 17.8 Å². The molecule has 0 saturated heterocycles. The van der Waals surface area contributed by atoms with Crippen molar-refractivity contribution in [3.05, 3.63) is 58.1 Å². The van der Waals surface area contributed by atoms with Crippen LogP contribution < -0.4 is 14.4 Å². The molecule has 2 rings (SSSR count). The van der Waals surface area contributed by atoms with E-state index in [1.807, 2.05) is 13.0 Å². The Kier molecular flexibility index (Phi) is 6.80. The summed E-state index contributed by atoms with van der Waals surface area (Å²) in [5.41, 5.74) is 1.06. The van der Waals surface area contributed by atoms with Gasteiger partial charge in [0.25, 0.3) is 5.69 Å². The number of carbonyl (C=O) groups excluding carboxylic acids is 1. The molecule has 0 aliphatic carbocycles. The van der Waals surface area contributed by atoms with E-state index in [2.05, 4.69) is 5.32 Å². The fourth-order valence-corrected chi connectivity index (χ4v) is 4.14. The van der Waals surface area contributed by atoms with Gasteiger partial charge in [-0.25, -0.2) is 8.42 Å². The Balaban J connectivity index is 2.47. The first-order chi connectivity index (χ1) is 13.6. The highest BCUT2D eigenvalue weighted by molar-refractivity contribution is 7.92. The first kappa shape index (κ1) is 22.2. The molecule has 156 valence electrons. The van der Waals surface area contributed by atoms with E-state index in [0.29, 0.717) is 11.4 Å². The minimum Gasteiger partial charge on any atom is -0.495 e. The van der Waals surface area contributed by atoms with E-state index in [1.54, 1.807) is 19.1 Å². The highest BCUT2D eigenvalue weighted by Gasteiger charge is 2.32. The van der Waals surface area contributed by atoms with Gasteiger partial charge in [-0.15, -0.1) is 0 Å². The number of nitrogens with one attached hydrogen (secondary N) is 1. The van der Waals surface area contributed by atoms with E-state index in [1.165, 1.54) is 25.3 Å². The molecule has 9 nitrogen and oxygen atoms in total.